The van der Waals surface area contributed by atoms with E-state index in [1.54, 1.807) is 11.5 Å². The van der Waals surface area contributed by atoms with E-state index < -0.39 is 0 Å². The van der Waals surface area contributed by atoms with E-state index >= 15 is 0 Å². The Morgan fingerprint density at radius 2 is 1.80 bits per heavy atom. The van der Waals surface area contributed by atoms with Crippen molar-refractivity contribution < 1.29 is 8.37 Å². The van der Waals surface area contributed by atoms with Crippen LogP contribution in [0, 0.1) is 26.8 Å². The van der Waals surface area contributed by atoms with E-state index in [0.29, 0.717) is 0 Å². The van der Waals surface area contributed by atoms with Crippen molar-refractivity contribution >= 4 is 40.7 Å². The summed E-state index contributed by atoms with van der Waals surface area (Å²) >= 11 is 1.76. The molecule has 0 amide bonds. The van der Waals surface area contributed by atoms with Crippen molar-refractivity contribution in [2.75, 3.05) is 0 Å². The van der Waals surface area contributed by atoms with Gasteiger partial charge < -0.3 is 4.58 Å². The zero-order valence-electron chi connectivity index (χ0n) is 18.5. The minimum Gasteiger partial charge on any atom is -0.331 e. The van der Waals surface area contributed by atoms with Crippen molar-refractivity contribution in [2.45, 2.75) is 47.0 Å². The second-order valence-electron chi connectivity index (χ2n) is 9.26. The zero-order valence-corrected chi connectivity index (χ0v) is 19.3. The van der Waals surface area contributed by atoms with Crippen LogP contribution in [0.15, 0.2) is 36.5 Å². The second-order valence-corrected chi connectivity index (χ2v) is 10.4. The smallest absolute Gasteiger partial charge is 0.292 e. The molecule has 0 bridgehead atoms. The van der Waals surface area contributed by atoms with Crippen LogP contribution < -0.4 is 3.79 Å². The Morgan fingerprint density at radius 1 is 1.10 bits per heavy atom. The summed E-state index contributed by atoms with van der Waals surface area (Å²) in [4.78, 5) is 6.41. The number of imidazole rings is 1. The summed E-state index contributed by atoms with van der Waals surface area (Å²) < 4.78 is 4.23. The SMILES string of the molecule is C=[N+]1C=C[c-]2c(nc3c(C)[c-](C)[s+][n+]32)[C-]1c1cc(C(C)(C)C)c2ccccc2c1C. The standard InChI is InChI=1S/C26H27N3S/c1-15-17(3)30-29-22-12-13-28(7)24(23(22)27-25(15)29)20-14-21(26(4,5)6)19-11-9-8-10-18(19)16(20)2/h8-14H,7H2,1-6H3. The number of aryl methyl sites for hydroxylation is 3. The van der Waals surface area contributed by atoms with Crippen molar-refractivity contribution in [3.63, 3.8) is 0 Å². The summed E-state index contributed by atoms with van der Waals surface area (Å²) in [5, 5.41) is 2.62. The molecule has 152 valence electrons. The van der Waals surface area contributed by atoms with Gasteiger partial charge in [-0.1, -0.05) is 63.6 Å². The predicted molar refractivity (Wildman–Crippen MR) is 126 cm³/mol. The molecule has 0 radical (unpaired) electrons. The van der Waals surface area contributed by atoms with E-state index in [1.165, 1.54) is 37.9 Å². The maximum absolute atomic E-state index is 5.10. The van der Waals surface area contributed by atoms with Gasteiger partial charge in [0, 0.05) is 6.20 Å². The third-order valence-corrected chi connectivity index (χ3v) is 7.40. The molecule has 0 atom stereocenters. The van der Waals surface area contributed by atoms with Crippen LogP contribution in [-0.2, 0) is 5.41 Å². The van der Waals surface area contributed by atoms with Crippen LogP contribution in [-0.4, -0.2) is 16.3 Å². The number of benzene rings is 2. The number of fused-ring (bicyclic) bond motifs is 4. The lowest BCUT2D eigenvalue weighted by molar-refractivity contribution is -0.444. The molecule has 0 saturated carbocycles. The van der Waals surface area contributed by atoms with Crippen LogP contribution in [0.1, 0.15) is 59.3 Å². The van der Waals surface area contributed by atoms with Crippen LogP contribution in [0.25, 0.3) is 22.5 Å². The Labute approximate surface area is 182 Å². The fraction of sp³-hybridized carbons (Fsp3) is 0.269. The van der Waals surface area contributed by atoms with Crippen molar-refractivity contribution in [2.24, 2.45) is 0 Å². The summed E-state index contributed by atoms with van der Waals surface area (Å²) in [5.41, 5.74) is 8.32. The molecular weight excluding hydrogens is 386 g/mol. The summed E-state index contributed by atoms with van der Waals surface area (Å²) in [6.45, 7) is 17.7. The third-order valence-electron chi connectivity index (χ3n) is 6.26. The number of nitrogens with zero attached hydrogens (tertiary/aromatic N) is 3. The second kappa shape index (κ2) is 6.32. The Balaban J connectivity index is 1.83. The average Bonchev–Trinajstić information content (AvgIpc) is 3.18. The number of hydrogen-bond acceptors (Lipinski definition) is 1. The van der Waals surface area contributed by atoms with Gasteiger partial charge in [0.05, 0.1) is 5.69 Å². The molecule has 1 aliphatic heterocycles. The Bertz CT molecular complexity index is 1380. The van der Waals surface area contributed by atoms with Crippen molar-refractivity contribution in [3.8, 4) is 0 Å². The maximum Gasteiger partial charge on any atom is 0.292 e. The lowest BCUT2D eigenvalue weighted by Crippen LogP contribution is -2.25. The molecule has 0 aliphatic carbocycles. The Hall–Kier alpha value is -2.85. The van der Waals surface area contributed by atoms with Crippen molar-refractivity contribution in [1.29, 1.82) is 0 Å². The monoisotopic (exact) mass is 413 g/mol. The normalized spacial score (nSPS) is 14.2. The molecule has 4 heteroatoms. The minimum atomic E-state index is 0.0319. The highest BCUT2D eigenvalue weighted by molar-refractivity contribution is 7.02. The van der Waals surface area contributed by atoms with Crippen LogP contribution in [0.4, 0.5) is 0 Å². The van der Waals surface area contributed by atoms with Gasteiger partial charge in [0.1, 0.15) is 23.3 Å². The molecule has 1 aliphatic rings. The van der Waals surface area contributed by atoms with Gasteiger partial charge in [-0.25, -0.2) is 0 Å². The van der Waals surface area contributed by atoms with E-state index in [2.05, 4.69) is 94.7 Å². The highest BCUT2D eigenvalue weighted by Crippen LogP contribution is 2.39. The highest BCUT2D eigenvalue weighted by atomic mass is 32.1. The molecule has 0 fully saturated rings. The van der Waals surface area contributed by atoms with Gasteiger partial charge in [-0.2, -0.15) is 4.98 Å². The van der Waals surface area contributed by atoms with Gasteiger partial charge in [0.2, 0.25) is 5.65 Å². The first-order valence-corrected chi connectivity index (χ1v) is 11.1. The predicted octanol–water partition coefficient (Wildman–Crippen LogP) is 5.60. The molecule has 3 heterocycles. The van der Waals surface area contributed by atoms with Crippen molar-refractivity contribution in [3.05, 3.63) is 81.1 Å². The molecule has 0 unspecified atom stereocenters. The van der Waals surface area contributed by atoms with Crippen LogP contribution >= 0.6 is 11.5 Å². The fourth-order valence-corrected chi connectivity index (χ4v) is 5.48. The first-order valence-electron chi connectivity index (χ1n) is 10.4. The summed E-state index contributed by atoms with van der Waals surface area (Å²) in [7, 11) is 0. The molecule has 0 N–H and O–H groups in total. The molecule has 30 heavy (non-hydrogen) atoms. The van der Waals surface area contributed by atoms with Gasteiger partial charge in [0.25, 0.3) is 11.5 Å². The van der Waals surface area contributed by atoms with Gasteiger partial charge in [-0.05, 0) is 46.7 Å². The van der Waals surface area contributed by atoms with E-state index in [0.717, 1.165) is 23.1 Å². The van der Waals surface area contributed by atoms with Gasteiger partial charge in [0.15, 0.2) is 0 Å². The largest absolute Gasteiger partial charge is 0.331 e. The molecule has 4 aromatic rings. The molecule has 0 saturated heterocycles. The first kappa shape index (κ1) is 19.1. The quantitative estimate of drug-likeness (QED) is 0.226. The zero-order chi connectivity index (χ0) is 21.4. The van der Waals surface area contributed by atoms with Crippen LogP contribution in [0.3, 0.4) is 0 Å². The number of hydrogen-bond donors (Lipinski definition) is 0. The highest BCUT2D eigenvalue weighted by Gasteiger charge is 2.32. The van der Waals surface area contributed by atoms with Crippen molar-refractivity contribution in [1.82, 2.24) is 4.98 Å². The summed E-state index contributed by atoms with van der Waals surface area (Å²) in [6, 6.07) is 12.2. The van der Waals surface area contributed by atoms with Gasteiger partial charge in [-0.15, -0.1) is 9.87 Å². The van der Waals surface area contributed by atoms with E-state index in [1.807, 2.05) is 4.58 Å². The summed E-state index contributed by atoms with van der Waals surface area (Å²) in [6.07, 6.45) is 4.18. The van der Waals surface area contributed by atoms with Gasteiger partial charge >= 0.3 is 0 Å². The van der Waals surface area contributed by atoms with Crippen LogP contribution in [0.2, 0.25) is 0 Å². The molecule has 2 aromatic heterocycles. The molecule has 5 rings (SSSR count). The lowest BCUT2D eigenvalue weighted by atomic mass is 9.79. The average molecular weight is 414 g/mol. The van der Waals surface area contributed by atoms with Gasteiger partial charge in [-0.3, -0.25) is 0 Å². The molecule has 0 spiro atoms. The van der Waals surface area contributed by atoms with E-state index in [9.17, 15) is 0 Å². The minimum absolute atomic E-state index is 0.0319. The van der Waals surface area contributed by atoms with E-state index in [-0.39, 0.29) is 5.41 Å². The summed E-state index contributed by atoms with van der Waals surface area (Å²) in [5.74, 6) is 0. The lowest BCUT2D eigenvalue weighted by Gasteiger charge is -2.29. The topological polar surface area (TPSA) is 20.0 Å². The number of rotatable bonds is 1. The van der Waals surface area contributed by atoms with Crippen LogP contribution in [0.5, 0.6) is 0 Å². The van der Waals surface area contributed by atoms with E-state index in [4.69, 9.17) is 4.98 Å². The maximum atomic E-state index is 5.10. The third kappa shape index (κ3) is 2.60. The molecular formula is C26H27N3S. The Kier molecular flexibility index (Phi) is 4.03. The Morgan fingerprint density at radius 3 is 2.50 bits per heavy atom. The molecule has 3 nitrogen and oxygen atoms in total. The fourth-order valence-electron chi connectivity index (χ4n) is 4.47. The molecule has 2 aromatic carbocycles. The first-order chi connectivity index (χ1) is 14.2. The number of aromatic nitrogens is 2.